The van der Waals surface area contributed by atoms with Gasteiger partial charge in [0, 0.05) is 10.0 Å². The maximum absolute atomic E-state index is 10.4. The van der Waals surface area contributed by atoms with E-state index in [0.717, 1.165) is 15.6 Å². The third-order valence-corrected chi connectivity index (χ3v) is 4.25. The monoisotopic (exact) mass is 344 g/mol. The lowest BCUT2D eigenvalue weighted by atomic mass is 10.0. The SMILES string of the molecule is Cc1ccc(C(O)c2cccc(Cl)c2Cl)c(Br)c1. The van der Waals surface area contributed by atoms with Gasteiger partial charge in [0.25, 0.3) is 0 Å². The summed E-state index contributed by atoms with van der Waals surface area (Å²) in [4.78, 5) is 0. The zero-order valence-corrected chi connectivity index (χ0v) is 12.7. The molecule has 0 spiro atoms. The van der Waals surface area contributed by atoms with E-state index in [-0.39, 0.29) is 0 Å². The first kappa shape index (κ1) is 13.9. The second-order valence-corrected chi connectivity index (χ2v) is 5.71. The van der Waals surface area contributed by atoms with Gasteiger partial charge in [-0.15, -0.1) is 0 Å². The van der Waals surface area contributed by atoms with Gasteiger partial charge < -0.3 is 5.11 Å². The zero-order valence-electron chi connectivity index (χ0n) is 9.62. The molecule has 1 atom stereocenters. The van der Waals surface area contributed by atoms with Gasteiger partial charge in [-0.3, -0.25) is 0 Å². The highest BCUT2D eigenvalue weighted by Crippen LogP contribution is 2.35. The molecule has 0 radical (unpaired) electrons. The van der Waals surface area contributed by atoms with Gasteiger partial charge in [0.1, 0.15) is 6.10 Å². The summed E-state index contributed by atoms with van der Waals surface area (Å²) in [6.07, 6.45) is -0.800. The molecule has 0 heterocycles. The van der Waals surface area contributed by atoms with Crippen LogP contribution in [0.4, 0.5) is 0 Å². The average molecular weight is 346 g/mol. The Balaban J connectivity index is 2.48. The van der Waals surface area contributed by atoms with Crippen molar-refractivity contribution in [1.29, 1.82) is 0 Å². The van der Waals surface area contributed by atoms with Crippen LogP contribution < -0.4 is 0 Å². The van der Waals surface area contributed by atoms with Gasteiger partial charge >= 0.3 is 0 Å². The molecular weight excluding hydrogens is 335 g/mol. The Morgan fingerprint density at radius 2 is 1.83 bits per heavy atom. The Hall–Kier alpha value is -0.540. The van der Waals surface area contributed by atoms with Crippen LogP contribution in [0, 0.1) is 6.92 Å². The molecule has 0 aromatic heterocycles. The number of halogens is 3. The molecule has 2 rings (SSSR count). The van der Waals surface area contributed by atoms with Crippen LogP contribution in [0.25, 0.3) is 0 Å². The quantitative estimate of drug-likeness (QED) is 0.798. The summed E-state index contributed by atoms with van der Waals surface area (Å²) in [7, 11) is 0. The Morgan fingerprint density at radius 3 is 2.50 bits per heavy atom. The summed E-state index contributed by atoms with van der Waals surface area (Å²) in [5, 5.41) is 11.2. The van der Waals surface area contributed by atoms with Crippen LogP contribution >= 0.6 is 39.1 Å². The second-order valence-electron chi connectivity index (χ2n) is 4.07. The van der Waals surface area contributed by atoms with E-state index in [9.17, 15) is 5.11 Å². The van der Waals surface area contributed by atoms with Crippen LogP contribution in [0.3, 0.4) is 0 Å². The first-order valence-electron chi connectivity index (χ1n) is 5.38. The lowest BCUT2D eigenvalue weighted by Gasteiger charge is -2.15. The molecule has 2 aromatic rings. The lowest BCUT2D eigenvalue weighted by Crippen LogP contribution is -2.02. The van der Waals surface area contributed by atoms with Gasteiger partial charge in [0.05, 0.1) is 10.0 Å². The first-order valence-corrected chi connectivity index (χ1v) is 6.93. The van der Waals surface area contributed by atoms with E-state index >= 15 is 0 Å². The third kappa shape index (κ3) is 2.72. The molecule has 1 unspecified atom stereocenters. The minimum absolute atomic E-state index is 0.388. The van der Waals surface area contributed by atoms with Crippen molar-refractivity contribution in [2.24, 2.45) is 0 Å². The Morgan fingerprint density at radius 1 is 1.11 bits per heavy atom. The van der Waals surface area contributed by atoms with E-state index < -0.39 is 6.10 Å². The van der Waals surface area contributed by atoms with E-state index in [4.69, 9.17) is 23.2 Å². The van der Waals surface area contributed by atoms with Crippen molar-refractivity contribution in [1.82, 2.24) is 0 Å². The van der Waals surface area contributed by atoms with Crippen molar-refractivity contribution < 1.29 is 5.11 Å². The van der Waals surface area contributed by atoms with Gasteiger partial charge in [-0.2, -0.15) is 0 Å². The summed E-state index contributed by atoms with van der Waals surface area (Å²) in [5.74, 6) is 0. The molecule has 0 bridgehead atoms. The summed E-state index contributed by atoms with van der Waals surface area (Å²) in [6, 6.07) is 11.0. The molecule has 0 aliphatic rings. The van der Waals surface area contributed by atoms with Crippen LogP contribution in [-0.4, -0.2) is 5.11 Å². The second kappa shape index (κ2) is 5.62. The molecule has 2 aromatic carbocycles. The fraction of sp³-hybridized carbons (Fsp3) is 0.143. The first-order chi connectivity index (χ1) is 8.50. The zero-order chi connectivity index (χ0) is 13.3. The van der Waals surface area contributed by atoms with Crippen molar-refractivity contribution in [3.63, 3.8) is 0 Å². The molecule has 0 saturated heterocycles. The summed E-state index contributed by atoms with van der Waals surface area (Å²) >= 11 is 15.5. The van der Waals surface area contributed by atoms with E-state index in [1.807, 2.05) is 25.1 Å². The highest BCUT2D eigenvalue weighted by molar-refractivity contribution is 9.10. The normalized spacial score (nSPS) is 12.5. The van der Waals surface area contributed by atoms with Crippen LogP contribution in [-0.2, 0) is 0 Å². The molecule has 0 amide bonds. The number of aryl methyl sites for hydroxylation is 1. The smallest absolute Gasteiger partial charge is 0.107 e. The predicted octanol–water partition coefficient (Wildman–Crippen LogP) is 5.15. The van der Waals surface area contributed by atoms with Gasteiger partial charge in [-0.05, 0) is 30.2 Å². The fourth-order valence-corrected chi connectivity index (χ4v) is 2.87. The van der Waals surface area contributed by atoms with Crippen LogP contribution in [0.5, 0.6) is 0 Å². The lowest BCUT2D eigenvalue weighted by molar-refractivity contribution is 0.219. The largest absolute Gasteiger partial charge is 0.384 e. The number of aliphatic hydroxyl groups is 1. The minimum atomic E-state index is -0.800. The van der Waals surface area contributed by atoms with E-state index in [0.29, 0.717) is 15.6 Å². The molecule has 1 nitrogen and oxygen atoms in total. The fourth-order valence-electron chi connectivity index (χ4n) is 1.75. The molecule has 0 saturated carbocycles. The molecule has 1 N–H and O–H groups in total. The standard InChI is InChI=1S/C14H11BrCl2O/c1-8-5-6-9(11(15)7-8)14(18)10-3-2-4-12(16)13(10)17/h2-7,14,18H,1H3. The maximum Gasteiger partial charge on any atom is 0.107 e. The van der Waals surface area contributed by atoms with Crippen molar-refractivity contribution >= 4 is 39.1 Å². The number of hydrogen-bond acceptors (Lipinski definition) is 1. The van der Waals surface area contributed by atoms with Crippen LogP contribution in [0.15, 0.2) is 40.9 Å². The van der Waals surface area contributed by atoms with Gasteiger partial charge in [-0.25, -0.2) is 0 Å². The van der Waals surface area contributed by atoms with E-state index in [2.05, 4.69) is 15.9 Å². The van der Waals surface area contributed by atoms with E-state index in [1.165, 1.54) is 0 Å². The Kier molecular flexibility index (Phi) is 4.33. The maximum atomic E-state index is 10.4. The summed E-state index contributed by atoms with van der Waals surface area (Å²) < 4.78 is 0.853. The number of benzene rings is 2. The Bertz CT molecular complexity index is 584. The van der Waals surface area contributed by atoms with Gasteiger partial charge in [0.15, 0.2) is 0 Å². The van der Waals surface area contributed by atoms with Crippen molar-refractivity contribution in [2.75, 3.05) is 0 Å². The molecule has 0 aliphatic heterocycles. The highest BCUT2D eigenvalue weighted by Gasteiger charge is 2.17. The minimum Gasteiger partial charge on any atom is -0.384 e. The van der Waals surface area contributed by atoms with Crippen LogP contribution in [0.2, 0.25) is 10.0 Å². The predicted molar refractivity (Wildman–Crippen MR) is 79.4 cm³/mol. The van der Waals surface area contributed by atoms with Gasteiger partial charge in [0.2, 0.25) is 0 Å². The highest BCUT2D eigenvalue weighted by atomic mass is 79.9. The summed E-state index contributed by atoms with van der Waals surface area (Å²) in [5.41, 5.74) is 2.49. The summed E-state index contributed by atoms with van der Waals surface area (Å²) in [6.45, 7) is 1.99. The number of rotatable bonds is 2. The van der Waals surface area contributed by atoms with Gasteiger partial charge in [-0.1, -0.05) is 63.4 Å². The molecular formula is C14H11BrCl2O. The van der Waals surface area contributed by atoms with Crippen molar-refractivity contribution in [3.8, 4) is 0 Å². The van der Waals surface area contributed by atoms with E-state index in [1.54, 1.807) is 18.2 Å². The molecule has 4 heteroatoms. The van der Waals surface area contributed by atoms with Crippen molar-refractivity contribution in [2.45, 2.75) is 13.0 Å². The molecule has 0 aliphatic carbocycles. The van der Waals surface area contributed by atoms with Crippen molar-refractivity contribution in [3.05, 3.63) is 67.6 Å². The molecule has 0 fully saturated rings. The molecule has 94 valence electrons. The average Bonchev–Trinajstić information content (AvgIpc) is 2.32. The number of aliphatic hydroxyl groups excluding tert-OH is 1. The van der Waals surface area contributed by atoms with Crippen LogP contribution in [0.1, 0.15) is 22.8 Å². The third-order valence-electron chi connectivity index (χ3n) is 2.73. The Labute approximate surface area is 124 Å². The number of hydrogen-bond donors (Lipinski definition) is 1. The topological polar surface area (TPSA) is 20.2 Å². The molecule has 18 heavy (non-hydrogen) atoms.